The molecule has 0 N–H and O–H groups in total. The van der Waals surface area contributed by atoms with Crippen LogP contribution in [0.1, 0.15) is 15.9 Å². The monoisotopic (exact) mass is 298 g/mol. The van der Waals surface area contributed by atoms with Crippen LogP contribution in [0.4, 0.5) is 4.39 Å². The molecule has 2 aromatic carbocycles. The third-order valence-corrected chi connectivity index (χ3v) is 3.25. The molecule has 0 atom stereocenters. The zero-order valence-corrected chi connectivity index (χ0v) is 11.4. The van der Waals surface area contributed by atoms with Crippen LogP contribution in [0.15, 0.2) is 36.4 Å². The van der Waals surface area contributed by atoms with Crippen molar-refractivity contribution >= 4 is 29.0 Å². The molecule has 0 saturated carbocycles. The average Bonchev–Trinajstić information content (AvgIpc) is 2.38. The molecule has 0 radical (unpaired) electrons. The van der Waals surface area contributed by atoms with E-state index in [4.69, 9.17) is 27.9 Å². The number of ketones is 1. The van der Waals surface area contributed by atoms with E-state index in [0.717, 1.165) is 0 Å². The van der Waals surface area contributed by atoms with Gasteiger partial charge in [-0.05, 0) is 24.3 Å². The molecule has 0 heterocycles. The van der Waals surface area contributed by atoms with Crippen molar-refractivity contribution in [1.82, 2.24) is 0 Å². The third kappa shape index (κ3) is 2.57. The Balaban J connectivity index is 2.57. The number of carbonyl (C=O) groups is 1. The van der Waals surface area contributed by atoms with Crippen molar-refractivity contribution in [2.75, 3.05) is 7.11 Å². The Bertz CT molecular complexity index is 621. The largest absolute Gasteiger partial charge is 0.494 e. The molecule has 0 aromatic heterocycles. The van der Waals surface area contributed by atoms with Gasteiger partial charge in [-0.15, -0.1) is 0 Å². The van der Waals surface area contributed by atoms with E-state index in [0.29, 0.717) is 0 Å². The summed E-state index contributed by atoms with van der Waals surface area (Å²) in [6.45, 7) is 0. The number of rotatable bonds is 3. The number of hydrogen-bond donors (Lipinski definition) is 0. The molecule has 0 aliphatic carbocycles. The highest BCUT2D eigenvalue weighted by Crippen LogP contribution is 2.29. The molecule has 0 unspecified atom stereocenters. The van der Waals surface area contributed by atoms with E-state index >= 15 is 0 Å². The molecule has 98 valence electrons. The second-order valence-electron chi connectivity index (χ2n) is 3.75. The summed E-state index contributed by atoms with van der Waals surface area (Å²) in [6, 6.07) is 8.99. The molecule has 0 fully saturated rings. The van der Waals surface area contributed by atoms with E-state index in [1.807, 2.05) is 0 Å². The van der Waals surface area contributed by atoms with Crippen molar-refractivity contribution < 1.29 is 13.9 Å². The predicted octanol–water partition coefficient (Wildman–Crippen LogP) is 4.37. The minimum absolute atomic E-state index is 0.00553. The second kappa shape index (κ2) is 5.59. The Labute approximate surface area is 119 Å². The summed E-state index contributed by atoms with van der Waals surface area (Å²) in [4.78, 5) is 12.3. The summed E-state index contributed by atoms with van der Waals surface area (Å²) in [5, 5.41) is 0.361. The maximum atomic E-state index is 14.0. The van der Waals surface area contributed by atoms with Crippen LogP contribution in [0, 0.1) is 5.82 Å². The third-order valence-electron chi connectivity index (χ3n) is 2.62. The van der Waals surface area contributed by atoms with E-state index < -0.39 is 11.6 Å². The van der Waals surface area contributed by atoms with Crippen molar-refractivity contribution in [1.29, 1.82) is 0 Å². The van der Waals surface area contributed by atoms with Crippen molar-refractivity contribution in [2.45, 2.75) is 0 Å². The predicted molar refractivity (Wildman–Crippen MR) is 72.8 cm³/mol. The average molecular weight is 299 g/mol. The topological polar surface area (TPSA) is 26.3 Å². The summed E-state index contributed by atoms with van der Waals surface area (Å²) in [5.74, 6) is -1.31. The zero-order chi connectivity index (χ0) is 14.0. The fraction of sp³-hybridized carbons (Fsp3) is 0.0714. The van der Waals surface area contributed by atoms with E-state index in [9.17, 15) is 9.18 Å². The lowest BCUT2D eigenvalue weighted by molar-refractivity contribution is 0.103. The van der Waals surface area contributed by atoms with Gasteiger partial charge in [-0.1, -0.05) is 35.3 Å². The van der Waals surface area contributed by atoms with Crippen LogP contribution in [-0.2, 0) is 0 Å². The van der Waals surface area contributed by atoms with E-state index in [1.165, 1.54) is 37.4 Å². The fourth-order valence-corrected chi connectivity index (χ4v) is 2.26. The molecule has 5 heteroatoms. The first-order valence-corrected chi connectivity index (χ1v) is 6.13. The molecule has 2 nitrogen and oxygen atoms in total. The standard InChI is InChI=1S/C14H9Cl2FO2/c1-19-11-7-2-4-8(13(11)17)14(18)12-9(15)5-3-6-10(12)16/h2-7H,1H3. The van der Waals surface area contributed by atoms with Crippen LogP contribution >= 0.6 is 23.2 Å². The van der Waals surface area contributed by atoms with Gasteiger partial charge in [0.25, 0.3) is 0 Å². The fourth-order valence-electron chi connectivity index (χ4n) is 1.69. The van der Waals surface area contributed by atoms with Crippen LogP contribution in [0.5, 0.6) is 5.75 Å². The lowest BCUT2D eigenvalue weighted by Gasteiger charge is -2.09. The summed E-state index contributed by atoms with van der Waals surface area (Å²) in [6.07, 6.45) is 0. The van der Waals surface area contributed by atoms with E-state index in [-0.39, 0.29) is 26.9 Å². The first-order chi connectivity index (χ1) is 9.06. The summed E-state index contributed by atoms with van der Waals surface area (Å²) < 4.78 is 18.9. The molecule has 0 spiro atoms. The van der Waals surface area contributed by atoms with Gasteiger partial charge in [0.1, 0.15) is 0 Å². The highest BCUT2D eigenvalue weighted by atomic mass is 35.5. The molecule has 0 aliphatic heterocycles. The molecule has 0 amide bonds. The Morgan fingerprint density at radius 1 is 1.11 bits per heavy atom. The van der Waals surface area contributed by atoms with Crippen molar-refractivity contribution in [3.8, 4) is 5.75 Å². The van der Waals surface area contributed by atoms with Gasteiger partial charge >= 0.3 is 0 Å². The number of methoxy groups -OCH3 is 1. The highest BCUT2D eigenvalue weighted by Gasteiger charge is 2.21. The van der Waals surface area contributed by atoms with Gasteiger partial charge in [-0.2, -0.15) is 0 Å². The maximum absolute atomic E-state index is 14.0. The number of carbonyl (C=O) groups excluding carboxylic acids is 1. The highest BCUT2D eigenvalue weighted by molar-refractivity contribution is 6.41. The van der Waals surface area contributed by atoms with Gasteiger partial charge in [-0.3, -0.25) is 4.79 Å². The minimum Gasteiger partial charge on any atom is -0.494 e. The Hall–Kier alpha value is -1.58. The van der Waals surface area contributed by atoms with Gasteiger partial charge in [0.15, 0.2) is 17.3 Å². The van der Waals surface area contributed by atoms with Crippen LogP contribution in [-0.4, -0.2) is 12.9 Å². The molecule has 0 bridgehead atoms. The summed E-state index contributed by atoms with van der Waals surface area (Å²) >= 11 is 11.9. The molecule has 19 heavy (non-hydrogen) atoms. The maximum Gasteiger partial charge on any atom is 0.199 e. The van der Waals surface area contributed by atoms with Gasteiger partial charge < -0.3 is 4.74 Å². The number of benzene rings is 2. The molecule has 2 rings (SSSR count). The smallest absolute Gasteiger partial charge is 0.199 e. The van der Waals surface area contributed by atoms with Gasteiger partial charge in [0.2, 0.25) is 0 Å². The zero-order valence-electron chi connectivity index (χ0n) is 9.91. The lowest BCUT2D eigenvalue weighted by atomic mass is 10.0. The Morgan fingerprint density at radius 2 is 1.68 bits per heavy atom. The van der Waals surface area contributed by atoms with Gasteiger partial charge in [0, 0.05) is 0 Å². The van der Waals surface area contributed by atoms with Gasteiger partial charge in [-0.25, -0.2) is 4.39 Å². The van der Waals surface area contributed by atoms with Crippen molar-refractivity contribution in [3.63, 3.8) is 0 Å². The quantitative estimate of drug-likeness (QED) is 0.787. The SMILES string of the molecule is COc1cccc(C(=O)c2c(Cl)cccc2Cl)c1F. The van der Waals surface area contributed by atoms with Gasteiger partial charge in [0.05, 0.1) is 28.3 Å². The normalized spacial score (nSPS) is 10.3. The van der Waals surface area contributed by atoms with Crippen molar-refractivity contribution in [2.24, 2.45) is 0 Å². The van der Waals surface area contributed by atoms with E-state index in [2.05, 4.69) is 0 Å². The molecular weight excluding hydrogens is 290 g/mol. The number of hydrogen-bond acceptors (Lipinski definition) is 2. The number of halogens is 3. The summed E-state index contributed by atoms with van der Waals surface area (Å²) in [7, 11) is 1.33. The molecule has 0 saturated heterocycles. The Kier molecular flexibility index (Phi) is 4.08. The first-order valence-electron chi connectivity index (χ1n) is 5.37. The van der Waals surface area contributed by atoms with Crippen molar-refractivity contribution in [3.05, 3.63) is 63.4 Å². The minimum atomic E-state index is -0.731. The Morgan fingerprint density at radius 3 is 2.26 bits per heavy atom. The molecular formula is C14H9Cl2FO2. The van der Waals surface area contributed by atoms with Crippen LogP contribution in [0.25, 0.3) is 0 Å². The number of ether oxygens (including phenoxy) is 1. The van der Waals surface area contributed by atoms with E-state index in [1.54, 1.807) is 6.07 Å². The molecule has 0 aliphatic rings. The van der Waals surface area contributed by atoms with Crippen LogP contribution in [0.2, 0.25) is 10.0 Å². The second-order valence-corrected chi connectivity index (χ2v) is 4.56. The van der Waals surface area contributed by atoms with Crippen LogP contribution < -0.4 is 4.74 Å². The summed E-state index contributed by atoms with van der Waals surface area (Å²) in [5.41, 5.74) is -0.0488. The van der Waals surface area contributed by atoms with Crippen LogP contribution in [0.3, 0.4) is 0 Å². The lowest BCUT2D eigenvalue weighted by Crippen LogP contribution is -2.07. The first kappa shape index (κ1) is 13.8. The molecule has 2 aromatic rings.